The van der Waals surface area contributed by atoms with Gasteiger partial charge >= 0.3 is 5.76 Å². The van der Waals surface area contributed by atoms with E-state index in [4.69, 9.17) is 11.6 Å². The molecular formula is C8H4ClF2NO2S2. The molecule has 0 radical (unpaired) electrons. The monoisotopic (exact) mass is 283 g/mol. The Morgan fingerprint density at radius 2 is 2.06 bits per heavy atom. The summed E-state index contributed by atoms with van der Waals surface area (Å²) < 4.78 is 46.7. The minimum absolute atomic E-state index is 0.297. The number of sulfone groups is 1. The molecule has 0 saturated heterocycles. The quantitative estimate of drug-likeness (QED) is 0.851. The molecule has 0 atom stereocenters. The maximum Gasteiger partial charge on any atom is 0.343 e. The average Bonchev–Trinajstić information content (AvgIpc) is 2.63. The Morgan fingerprint density at radius 1 is 1.38 bits per heavy atom. The molecule has 2 aromatic rings. The number of benzene rings is 1. The third kappa shape index (κ3) is 1.79. The lowest BCUT2D eigenvalue weighted by Gasteiger charge is -1.95. The van der Waals surface area contributed by atoms with Crippen molar-refractivity contribution in [2.24, 2.45) is 0 Å². The third-order valence-corrected chi connectivity index (χ3v) is 5.15. The summed E-state index contributed by atoms with van der Waals surface area (Å²) in [5, 5.41) is 0.297. The van der Waals surface area contributed by atoms with Crippen LogP contribution < -0.4 is 0 Å². The van der Waals surface area contributed by atoms with Crippen molar-refractivity contribution in [3.05, 3.63) is 23.2 Å². The summed E-state index contributed by atoms with van der Waals surface area (Å²) in [6.07, 6.45) is 0. The summed E-state index contributed by atoms with van der Waals surface area (Å²) >= 11 is 6.44. The summed E-state index contributed by atoms with van der Waals surface area (Å²) in [4.78, 5) is 3.63. The van der Waals surface area contributed by atoms with Crippen molar-refractivity contribution in [1.29, 1.82) is 0 Å². The molecule has 0 aliphatic heterocycles. The molecule has 0 unspecified atom stereocenters. The van der Waals surface area contributed by atoms with Gasteiger partial charge in [-0.3, -0.25) is 0 Å². The van der Waals surface area contributed by atoms with E-state index in [1.807, 2.05) is 0 Å². The zero-order valence-corrected chi connectivity index (χ0v) is 9.91. The van der Waals surface area contributed by atoms with Crippen molar-refractivity contribution in [3.63, 3.8) is 0 Å². The van der Waals surface area contributed by atoms with Crippen molar-refractivity contribution < 1.29 is 17.2 Å². The molecule has 1 aromatic carbocycles. The Morgan fingerprint density at radius 3 is 2.62 bits per heavy atom. The summed E-state index contributed by atoms with van der Waals surface area (Å²) in [5.41, 5.74) is 0.303. The number of nitrogens with zero attached hydrogens (tertiary/aromatic N) is 1. The fraction of sp³-hybridized carbons (Fsp3) is 0.125. The minimum Gasteiger partial charge on any atom is -0.225 e. The van der Waals surface area contributed by atoms with Crippen LogP contribution in [-0.4, -0.2) is 19.2 Å². The molecule has 0 N–H and O–H groups in total. The molecule has 0 aliphatic rings. The van der Waals surface area contributed by atoms with Gasteiger partial charge in [0.05, 0.1) is 15.2 Å². The first kappa shape index (κ1) is 11.7. The number of hydrogen-bond donors (Lipinski definition) is 0. The van der Waals surface area contributed by atoms with Gasteiger partial charge in [0.1, 0.15) is 0 Å². The molecule has 0 bridgehead atoms. The van der Waals surface area contributed by atoms with Gasteiger partial charge in [-0.1, -0.05) is 17.7 Å². The number of aromatic nitrogens is 1. The number of rotatable bonds is 2. The Balaban J connectivity index is 2.70. The van der Waals surface area contributed by atoms with Crippen LogP contribution in [0.4, 0.5) is 8.78 Å². The molecule has 86 valence electrons. The standard InChI is InChI=1S/C8H4ClF2NO2S2/c9-4-2-1-3-5-6(4)15-8(12-5)16(13,14)7(10)11/h1-3,7H. The zero-order chi connectivity index (χ0) is 11.9. The van der Waals surface area contributed by atoms with Crippen LogP contribution in [0.3, 0.4) is 0 Å². The molecule has 1 heterocycles. The SMILES string of the molecule is O=S(=O)(c1nc2cccc(Cl)c2s1)C(F)F. The van der Waals surface area contributed by atoms with Crippen LogP contribution in [0, 0.1) is 0 Å². The van der Waals surface area contributed by atoms with Crippen molar-refractivity contribution >= 4 is 43.0 Å². The number of thiazole rings is 1. The highest BCUT2D eigenvalue weighted by Crippen LogP contribution is 2.32. The van der Waals surface area contributed by atoms with Crippen molar-refractivity contribution in [2.75, 3.05) is 0 Å². The maximum atomic E-state index is 12.3. The van der Waals surface area contributed by atoms with Crippen LogP contribution in [0.2, 0.25) is 5.02 Å². The van der Waals surface area contributed by atoms with Gasteiger partial charge in [-0.05, 0) is 12.1 Å². The maximum absolute atomic E-state index is 12.3. The van der Waals surface area contributed by atoms with E-state index in [-0.39, 0.29) is 0 Å². The van der Waals surface area contributed by atoms with Crippen LogP contribution in [0.15, 0.2) is 22.5 Å². The molecule has 16 heavy (non-hydrogen) atoms. The molecule has 8 heteroatoms. The first-order valence-corrected chi connectivity index (χ1v) is 6.74. The summed E-state index contributed by atoms with van der Waals surface area (Å²) in [7, 11) is -4.64. The first-order valence-electron chi connectivity index (χ1n) is 4.00. The minimum atomic E-state index is -4.64. The van der Waals surface area contributed by atoms with Crippen molar-refractivity contribution in [2.45, 2.75) is 10.1 Å². The molecule has 0 amide bonds. The first-order chi connectivity index (χ1) is 7.43. The summed E-state index contributed by atoms with van der Waals surface area (Å²) in [6.45, 7) is 0. The Kier molecular flexibility index (Phi) is 2.85. The highest BCUT2D eigenvalue weighted by Gasteiger charge is 2.30. The van der Waals surface area contributed by atoms with E-state index in [9.17, 15) is 17.2 Å². The molecule has 1 aromatic heterocycles. The molecular weight excluding hydrogens is 280 g/mol. The van der Waals surface area contributed by atoms with Gasteiger partial charge in [0.15, 0.2) is 0 Å². The van der Waals surface area contributed by atoms with Gasteiger partial charge in [-0.15, -0.1) is 11.3 Å². The zero-order valence-electron chi connectivity index (χ0n) is 7.52. The van der Waals surface area contributed by atoms with Gasteiger partial charge in [-0.2, -0.15) is 8.78 Å². The molecule has 0 saturated carbocycles. The fourth-order valence-electron chi connectivity index (χ4n) is 1.09. The third-order valence-electron chi connectivity index (χ3n) is 1.83. The highest BCUT2D eigenvalue weighted by molar-refractivity contribution is 7.93. The second-order valence-electron chi connectivity index (χ2n) is 2.87. The van der Waals surface area contributed by atoms with Crippen LogP contribution >= 0.6 is 22.9 Å². The average molecular weight is 284 g/mol. The lowest BCUT2D eigenvalue weighted by Crippen LogP contribution is -2.10. The molecule has 0 fully saturated rings. The van der Waals surface area contributed by atoms with Crippen LogP contribution in [-0.2, 0) is 9.84 Å². The lowest BCUT2D eigenvalue weighted by molar-refractivity contribution is 0.234. The Hall–Kier alpha value is -0.790. The van der Waals surface area contributed by atoms with E-state index in [2.05, 4.69) is 4.98 Å². The number of halogens is 3. The smallest absolute Gasteiger partial charge is 0.225 e. The van der Waals surface area contributed by atoms with Gasteiger partial charge in [0.25, 0.3) is 9.84 Å². The van der Waals surface area contributed by atoms with Crippen molar-refractivity contribution in [1.82, 2.24) is 4.98 Å². The number of alkyl halides is 2. The van der Waals surface area contributed by atoms with Crippen LogP contribution in [0.5, 0.6) is 0 Å². The second kappa shape index (κ2) is 3.90. The second-order valence-corrected chi connectivity index (χ2v) is 6.37. The van der Waals surface area contributed by atoms with Gasteiger partial charge in [-0.25, -0.2) is 13.4 Å². The van der Waals surface area contributed by atoms with Gasteiger partial charge in [0, 0.05) is 0 Å². The van der Waals surface area contributed by atoms with Crippen molar-refractivity contribution in [3.8, 4) is 0 Å². The van der Waals surface area contributed by atoms with Gasteiger partial charge in [0.2, 0.25) is 4.34 Å². The van der Waals surface area contributed by atoms with E-state index < -0.39 is 19.9 Å². The van der Waals surface area contributed by atoms with E-state index >= 15 is 0 Å². The predicted molar refractivity (Wildman–Crippen MR) is 57.8 cm³/mol. The van der Waals surface area contributed by atoms with E-state index in [1.54, 1.807) is 12.1 Å². The predicted octanol–water partition coefficient (Wildman–Crippen LogP) is 2.95. The fourth-order valence-corrected chi connectivity index (χ4v) is 3.39. The largest absolute Gasteiger partial charge is 0.343 e. The Bertz CT molecular complexity index is 639. The normalized spacial score (nSPS) is 12.5. The van der Waals surface area contributed by atoms with Crippen LogP contribution in [0.1, 0.15) is 0 Å². The van der Waals surface area contributed by atoms with E-state index in [0.29, 0.717) is 26.6 Å². The van der Waals surface area contributed by atoms with E-state index in [1.165, 1.54) is 6.07 Å². The number of fused-ring (bicyclic) bond motifs is 1. The Labute approximate surface area is 98.6 Å². The molecule has 3 nitrogen and oxygen atoms in total. The lowest BCUT2D eigenvalue weighted by atomic mass is 10.3. The topological polar surface area (TPSA) is 47.0 Å². The van der Waals surface area contributed by atoms with Gasteiger partial charge < -0.3 is 0 Å². The number of hydrogen-bond acceptors (Lipinski definition) is 4. The van der Waals surface area contributed by atoms with Crippen LogP contribution in [0.25, 0.3) is 10.2 Å². The molecule has 2 rings (SSSR count). The highest BCUT2D eigenvalue weighted by atomic mass is 35.5. The van der Waals surface area contributed by atoms with E-state index in [0.717, 1.165) is 0 Å². The molecule has 0 spiro atoms. The summed E-state index contributed by atoms with van der Waals surface area (Å²) in [6, 6.07) is 4.63. The summed E-state index contributed by atoms with van der Waals surface area (Å²) in [5.74, 6) is -3.47. The molecule has 0 aliphatic carbocycles.